The van der Waals surface area contributed by atoms with Crippen LogP contribution >= 0.6 is 0 Å². The van der Waals surface area contributed by atoms with Gasteiger partial charge in [-0.3, -0.25) is 9.69 Å². The number of phenolic OH excluding ortho intramolecular Hbond substituents is 1. The van der Waals surface area contributed by atoms with Gasteiger partial charge in [-0.05, 0) is 17.7 Å². The van der Waals surface area contributed by atoms with E-state index in [0.717, 1.165) is 5.56 Å². The molecule has 1 N–H and O–H groups in total. The van der Waals surface area contributed by atoms with Crippen molar-refractivity contribution in [1.29, 1.82) is 0 Å². The first kappa shape index (κ1) is 19.0. The summed E-state index contributed by atoms with van der Waals surface area (Å²) in [6, 6.07) is 4.70. The Hall–Kier alpha value is -1.80. The number of ether oxygens (including phenoxy) is 1. The third-order valence-electron chi connectivity index (χ3n) is 5.20. The molecule has 2 saturated heterocycles. The molecule has 1 aromatic carbocycles. The number of nitrogens with zero attached hydrogens (tertiary/aromatic N) is 2. The molecule has 2 fully saturated rings. The van der Waals surface area contributed by atoms with E-state index in [9.17, 15) is 18.3 Å². The van der Waals surface area contributed by atoms with Gasteiger partial charge in [-0.15, -0.1) is 0 Å². The molecule has 2 heterocycles. The number of amides is 1. The molecule has 0 aliphatic carbocycles. The highest BCUT2D eigenvalue weighted by molar-refractivity contribution is 7.91. The van der Waals surface area contributed by atoms with Crippen molar-refractivity contribution in [3.05, 3.63) is 23.8 Å². The minimum atomic E-state index is -3.17. The fraction of sp³-hybridized carbons (Fsp3) is 0.611. The highest BCUT2D eigenvalue weighted by Gasteiger charge is 2.48. The summed E-state index contributed by atoms with van der Waals surface area (Å²) in [5, 5.41) is 9.97. The molecule has 2 aliphatic heterocycles. The van der Waals surface area contributed by atoms with Gasteiger partial charge in [-0.1, -0.05) is 19.9 Å². The third-order valence-corrected chi connectivity index (χ3v) is 6.90. The van der Waals surface area contributed by atoms with E-state index in [0.29, 0.717) is 25.4 Å². The second-order valence-corrected chi connectivity index (χ2v) is 9.53. The largest absolute Gasteiger partial charge is 0.504 e. The van der Waals surface area contributed by atoms with Gasteiger partial charge in [0.15, 0.2) is 21.3 Å². The molecule has 0 radical (unpaired) electrons. The van der Waals surface area contributed by atoms with Gasteiger partial charge in [0, 0.05) is 31.6 Å². The average molecular weight is 382 g/mol. The molecule has 0 spiro atoms. The van der Waals surface area contributed by atoms with Crippen LogP contribution in [0, 0.1) is 5.92 Å². The first-order valence-electron chi connectivity index (χ1n) is 8.82. The van der Waals surface area contributed by atoms with E-state index in [4.69, 9.17) is 4.74 Å². The minimum Gasteiger partial charge on any atom is -0.504 e. The maximum absolute atomic E-state index is 12.5. The van der Waals surface area contributed by atoms with E-state index in [-0.39, 0.29) is 41.2 Å². The molecule has 0 aromatic heterocycles. The lowest BCUT2D eigenvalue weighted by atomic mass is 10.0. The Morgan fingerprint density at radius 3 is 2.58 bits per heavy atom. The lowest BCUT2D eigenvalue weighted by molar-refractivity contribution is -0.140. The van der Waals surface area contributed by atoms with Crippen LogP contribution in [-0.2, 0) is 21.2 Å². The van der Waals surface area contributed by atoms with Gasteiger partial charge >= 0.3 is 0 Å². The number of carbonyl (C=O) groups excluding carboxylic acids is 1. The predicted octanol–water partition coefficient (Wildman–Crippen LogP) is 0.867. The summed E-state index contributed by atoms with van der Waals surface area (Å²) in [5.41, 5.74) is 0.884. The number of aromatic hydroxyl groups is 1. The fourth-order valence-electron chi connectivity index (χ4n) is 3.89. The standard InChI is InChI=1S/C18H26N2O5S/c1-12(2)18(22)20-7-6-19(14-10-26(23,24)11-15(14)20)9-13-4-5-17(25-3)16(21)8-13/h4-5,8,12,14-15,21H,6-7,9-11H2,1-3H3/t14-,15+/m1/s1. The van der Waals surface area contributed by atoms with E-state index in [1.165, 1.54) is 7.11 Å². The number of piperazine rings is 1. The van der Waals surface area contributed by atoms with Crippen LogP contribution in [0.3, 0.4) is 0 Å². The molecular formula is C18H26N2O5S. The van der Waals surface area contributed by atoms with Crippen molar-refractivity contribution in [3.8, 4) is 11.5 Å². The van der Waals surface area contributed by atoms with Gasteiger partial charge in [-0.2, -0.15) is 0 Å². The second-order valence-electron chi connectivity index (χ2n) is 7.37. The van der Waals surface area contributed by atoms with Crippen LogP contribution in [0.4, 0.5) is 0 Å². The SMILES string of the molecule is COc1ccc(CN2CCN(C(=O)C(C)C)[C@H]3CS(=O)(=O)C[C@H]32)cc1O. The molecule has 0 unspecified atom stereocenters. The smallest absolute Gasteiger partial charge is 0.225 e. The maximum atomic E-state index is 12.5. The average Bonchev–Trinajstić information content (AvgIpc) is 2.90. The first-order valence-corrected chi connectivity index (χ1v) is 10.6. The monoisotopic (exact) mass is 382 g/mol. The second kappa shape index (κ2) is 7.08. The molecule has 26 heavy (non-hydrogen) atoms. The van der Waals surface area contributed by atoms with Crippen LogP contribution < -0.4 is 4.74 Å². The Kier molecular flexibility index (Phi) is 5.16. The quantitative estimate of drug-likeness (QED) is 0.831. The van der Waals surface area contributed by atoms with E-state index in [1.807, 2.05) is 19.9 Å². The molecule has 8 heteroatoms. The highest BCUT2D eigenvalue weighted by atomic mass is 32.2. The van der Waals surface area contributed by atoms with Crippen molar-refractivity contribution in [2.75, 3.05) is 31.7 Å². The van der Waals surface area contributed by atoms with Gasteiger partial charge in [0.25, 0.3) is 0 Å². The van der Waals surface area contributed by atoms with Crippen LogP contribution in [0.1, 0.15) is 19.4 Å². The summed E-state index contributed by atoms with van der Waals surface area (Å²) in [5.74, 6) is 0.432. The van der Waals surface area contributed by atoms with E-state index in [2.05, 4.69) is 4.90 Å². The summed E-state index contributed by atoms with van der Waals surface area (Å²) in [6.07, 6.45) is 0. The van der Waals surface area contributed by atoms with Gasteiger partial charge in [0.1, 0.15) is 0 Å². The molecule has 1 aromatic rings. The number of carbonyl (C=O) groups is 1. The van der Waals surface area contributed by atoms with Gasteiger partial charge in [0.2, 0.25) is 5.91 Å². The summed E-state index contributed by atoms with van der Waals surface area (Å²) in [6.45, 7) is 5.34. The Labute approximate surface area is 154 Å². The van der Waals surface area contributed by atoms with Crippen molar-refractivity contribution in [2.24, 2.45) is 5.92 Å². The number of hydrogen-bond acceptors (Lipinski definition) is 6. The molecule has 1 amide bonds. The summed E-state index contributed by atoms with van der Waals surface area (Å²) < 4.78 is 29.6. The van der Waals surface area contributed by atoms with Crippen LogP contribution in [0.5, 0.6) is 11.5 Å². The summed E-state index contributed by atoms with van der Waals surface area (Å²) in [7, 11) is -1.68. The van der Waals surface area contributed by atoms with Crippen molar-refractivity contribution >= 4 is 15.7 Å². The molecule has 144 valence electrons. The van der Waals surface area contributed by atoms with Gasteiger partial charge in [-0.25, -0.2) is 8.42 Å². The van der Waals surface area contributed by atoms with Crippen LogP contribution in [0.2, 0.25) is 0 Å². The first-order chi connectivity index (χ1) is 12.2. The highest BCUT2D eigenvalue weighted by Crippen LogP contribution is 2.31. The van der Waals surface area contributed by atoms with E-state index >= 15 is 0 Å². The minimum absolute atomic E-state index is 0.0128. The molecule has 0 bridgehead atoms. The molecular weight excluding hydrogens is 356 g/mol. The lowest BCUT2D eigenvalue weighted by Gasteiger charge is -2.44. The Morgan fingerprint density at radius 1 is 1.27 bits per heavy atom. The zero-order chi connectivity index (χ0) is 19.1. The molecule has 7 nitrogen and oxygen atoms in total. The van der Waals surface area contributed by atoms with Crippen LogP contribution in [0.15, 0.2) is 18.2 Å². The van der Waals surface area contributed by atoms with Crippen LogP contribution in [-0.4, -0.2) is 73.0 Å². The normalized spacial score (nSPS) is 25.3. The Balaban J connectivity index is 1.82. The number of sulfone groups is 1. The summed E-state index contributed by atoms with van der Waals surface area (Å²) in [4.78, 5) is 16.4. The number of fused-ring (bicyclic) bond motifs is 1. The molecule has 2 atom stereocenters. The maximum Gasteiger partial charge on any atom is 0.225 e. The molecule has 0 saturated carbocycles. The number of hydrogen-bond donors (Lipinski definition) is 1. The molecule has 2 aliphatic rings. The number of methoxy groups -OCH3 is 1. The summed E-state index contributed by atoms with van der Waals surface area (Å²) >= 11 is 0. The zero-order valence-electron chi connectivity index (χ0n) is 15.4. The number of benzene rings is 1. The van der Waals surface area contributed by atoms with E-state index in [1.54, 1.807) is 17.0 Å². The third kappa shape index (κ3) is 3.66. The number of phenols is 1. The lowest BCUT2D eigenvalue weighted by Crippen LogP contribution is -2.60. The molecule has 3 rings (SSSR count). The Bertz CT molecular complexity index is 793. The van der Waals surface area contributed by atoms with Crippen LogP contribution in [0.25, 0.3) is 0 Å². The van der Waals surface area contributed by atoms with Crippen molar-refractivity contribution < 1.29 is 23.1 Å². The zero-order valence-corrected chi connectivity index (χ0v) is 16.2. The van der Waals surface area contributed by atoms with Crippen molar-refractivity contribution in [2.45, 2.75) is 32.5 Å². The topological polar surface area (TPSA) is 87.2 Å². The predicted molar refractivity (Wildman–Crippen MR) is 97.8 cm³/mol. The van der Waals surface area contributed by atoms with Gasteiger partial charge < -0.3 is 14.7 Å². The van der Waals surface area contributed by atoms with Crippen molar-refractivity contribution in [3.63, 3.8) is 0 Å². The van der Waals surface area contributed by atoms with E-state index < -0.39 is 9.84 Å². The number of rotatable bonds is 4. The van der Waals surface area contributed by atoms with Gasteiger partial charge in [0.05, 0.1) is 24.7 Å². The Morgan fingerprint density at radius 2 is 1.96 bits per heavy atom. The van der Waals surface area contributed by atoms with Crippen molar-refractivity contribution in [1.82, 2.24) is 9.80 Å². The fourth-order valence-corrected chi connectivity index (χ4v) is 5.91.